The zero-order valence-electron chi connectivity index (χ0n) is 15.1. The minimum absolute atomic E-state index is 0.170. The zero-order chi connectivity index (χ0) is 17.7. The van der Waals surface area contributed by atoms with Crippen molar-refractivity contribution in [2.45, 2.75) is 69.7 Å². The third-order valence-electron chi connectivity index (χ3n) is 5.97. The van der Waals surface area contributed by atoms with E-state index < -0.39 is 5.41 Å². The molecule has 0 saturated heterocycles. The maximum atomic E-state index is 12.8. The van der Waals surface area contributed by atoms with Gasteiger partial charge in [-0.3, -0.25) is 9.59 Å². The number of carbonyl (C=O) groups is 2. The Morgan fingerprint density at radius 2 is 1.76 bits per heavy atom. The molecule has 1 aromatic rings. The molecule has 0 spiro atoms. The Labute approximate surface area is 150 Å². The van der Waals surface area contributed by atoms with Crippen LogP contribution in [0.25, 0.3) is 0 Å². The number of nitrogens with one attached hydrogen (secondary N) is 1. The van der Waals surface area contributed by atoms with Crippen LogP contribution in [0.2, 0.25) is 0 Å². The molecule has 2 fully saturated rings. The van der Waals surface area contributed by atoms with Crippen LogP contribution >= 0.6 is 0 Å². The minimum Gasteiger partial charge on any atom is -0.455 e. The second-order valence-electron chi connectivity index (χ2n) is 7.67. The molecule has 0 aromatic heterocycles. The van der Waals surface area contributed by atoms with E-state index in [1.165, 1.54) is 6.42 Å². The van der Waals surface area contributed by atoms with Crippen molar-refractivity contribution in [3.8, 4) is 0 Å². The maximum absolute atomic E-state index is 12.8. The van der Waals surface area contributed by atoms with Crippen LogP contribution < -0.4 is 5.32 Å². The number of benzene rings is 1. The van der Waals surface area contributed by atoms with Crippen LogP contribution in [0.5, 0.6) is 0 Å². The van der Waals surface area contributed by atoms with Crippen LogP contribution in [-0.4, -0.2) is 24.5 Å². The summed E-state index contributed by atoms with van der Waals surface area (Å²) in [6, 6.07) is 10.1. The molecule has 0 bridgehead atoms. The van der Waals surface area contributed by atoms with Gasteiger partial charge in [-0.25, -0.2) is 0 Å². The highest BCUT2D eigenvalue weighted by molar-refractivity contribution is 5.86. The summed E-state index contributed by atoms with van der Waals surface area (Å²) in [5, 5.41) is 3.05. The van der Waals surface area contributed by atoms with Gasteiger partial charge in [0, 0.05) is 6.04 Å². The first kappa shape index (κ1) is 18.0. The molecule has 2 aliphatic carbocycles. The van der Waals surface area contributed by atoms with Crippen LogP contribution in [-0.2, 0) is 19.7 Å². The molecule has 0 unspecified atom stereocenters. The van der Waals surface area contributed by atoms with E-state index >= 15 is 0 Å². The second-order valence-corrected chi connectivity index (χ2v) is 7.67. The van der Waals surface area contributed by atoms with Crippen molar-refractivity contribution in [3.63, 3.8) is 0 Å². The van der Waals surface area contributed by atoms with Gasteiger partial charge in [-0.05, 0) is 37.2 Å². The molecule has 4 heteroatoms. The van der Waals surface area contributed by atoms with E-state index in [4.69, 9.17) is 4.74 Å². The smallest absolute Gasteiger partial charge is 0.317 e. The minimum atomic E-state index is -0.570. The van der Waals surface area contributed by atoms with Crippen molar-refractivity contribution >= 4 is 11.9 Å². The summed E-state index contributed by atoms with van der Waals surface area (Å²) < 4.78 is 5.47. The van der Waals surface area contributed by atoms with Crippen molar-refractivity contribution in [2.24, 2.45) is 5.92 Å². The molecule has 1 N–H and O–H groups in total. The summed E-state index contributed by atoms with van der Waals surface area (Å²) in [5.74, 6) is 0.0789. The van der Waals surface area contributed by atoms with Gasteiger partial charge in [-0.1, -0.05) is 62.9 Å². The van der Waals surface area contributed by atoms with E-state index in [1.807, 2.05) is 30.3 Å². The highest BCUT2D eigenvalue weighted by atomic mass is 16.5. The van der Waals surface area contributed by atoms with E-state index in [-0.39, 0.29) is 24.5 Å². The molecule has 3 rings (SSSR count). The Bertz CT molecular complexity index is 592. The number of ether oxygens (including phenoxy) is 1. The van der Waals surface area contributed by atoms with Gasteiger partial charge in [0.25, 0.3) is 5.91 Å². The molecular weight excluding hydrogens is 314 g/mol. The average molecular weight is 343 g/mol. The summed E-state index contributed by atoms with van der Waals surface area (Å²) in [6.45, 7) is 2.01. The van der Waals surface area contributed by atoms with Crippen molar-refractivity contribution < 1.29 is 14.3 Å². The molecule has 25 heavy (non-hydrogen) atoms. The summed E-state index contributed by atoms with van der Waals surface area (Å²) in [4.78, 5) is 25.1. The van der Waals surface area contributed by atoms with Gasteiger partial charge in [0.1, 0.15) is 0 Å². The predicted molar refractivity (Wildman–Crippen MR) is 97.1 cm³/mol. The normalized spacial score (nSPS) is 25.3. The van der Waals surface area contributed by atoms with Crippen molar-refractivity contribution in [1.82, 2.24) is 5.32 Å². The summed E-state index contributed by atoms with van der Waals surface area (Å²) >= 11 is 0. The first-order valence-corrected chi connectivity index (χ1v) is 9.64. The quantitative estimate of drug-likeness (QED) is 0.829. The van der Waals surface area contributed by atoms with Gasteiger partial charge in [0.2, 0.25) is 0 Å². The topological polar surface area (TPSA) is 55.4 Å². The molecule has 0 aliphatic heterocycles. The van der Waals surface area contributed by atoms with Crippen LogP contribution in [0.3, 0.4) is 0 Å². The fraction of sp³-hybridized carbons (Fsp3) is 0.619. The monoisotopic (exact) mass is 343 g/mol. The summed E-state index contributed by atoms with van der Waals surface area (Å²) in [5.41, 5.74) is 0.443. The molecule has 0 radical (unpaired) electrons. The predicted octanol–water partition coefficient (Wildman–Crippen LogP) is 3.74. The lowest BCUT2D eigenvalue weighted by Crippen LogP contribution is -2.44. The summed E-state index contributed by atoms with van der Waals surface area (Å²) in [6.07, 6.45) is 8.23. The first-order valence-electron chi connectivity index (χ1n) is 9.64. The molecule has 2 aliphatic rings. The van der Waals surface area contributed by atoms with Gasteiger partial charge in [-0.15, -0.1) is 0 Å². The van der Waals surface area contributed by atoms with Crippen LogP contribution in [0, 0.1) is 5.92 Å². The van der Waals surface area contributed by atoms with E-state index in [0.717, 1.165) is 50.5 Å². The lowest BCUT2D eigenvalue weighted by atomic mass is 9.79. The van der Waals surface area contributed by atoms with Gasteiger partial charge in [0.15, 0.2) is 6.61 Å². The lowest BCUT2D eigenvalue weighted by molar-refractivity contribution is -0.154. The third kappa shape index (κ3) is 4.05. The first-order chi connectivity index (χ1) is 12.1. The Kier molecular flexibility index (Phi) is 5.77. The molecule has 0 heterocycles. The molecule has 1 aromatic carbocycles. The number of rotatable bonds is 5. The van der Waals surface area contributed by atoms with Crippen molar-refractivity contribution in [3.05, 3.63) is 35.9 Å². The Morgan fingerprint density at radius 1 is 1.08 bits per heavy atom. The van der Waals surface area contributed by atoms with Gasteiger partial charge in [-0.2, -0.15) is 0 Å². The van der Waals surface area contributed by atoms with Gasteiger partial charge < -0.3 is 10.1 Å². The second kappa shape index (κ2) is 8.03. The molecule has 4 nitrogen and oxygen atoms in total. The molecular formula is C21H29NO3. The largest absolute Gasteiger partial charge is 0.455 e. The van der Waals surface area contributed by atoms with Gasteiger partial charge in [0.05, 0.1) is 5.41 Å². The Hall–Kier alpha value is -1.84. The molecule has 2 saturated carbocycles. The fourth-order valence-electron chi connectivity index (χ4n) is 4.39. The third-order valence-corrected chi connectivity index (χ3v) is 5.97. The maximum Gasteiger partial charge on any atom is 0.317 e. The average Bonchev–Trinajstić information content (AvgIpc) is 3.13. The van der Waals surface area contributed by atoms with Crippen molar-refractivity contribution in [2.75, 3.05) is 6.61 Å². The zero-order valence-corrected chi connectivity index (χ0v) is 15.1. The highest BCUT2D eigenvalue weighted by Crippen LogP contribution is 2.42. The number of amides is 1. The Balaban J connectivity index is 1.58. The lowest BCUT2D eigenvalue weighted by Gasteiger charge is -2.30. The number of esters is 1. The number of carbonyl (C=O) groups excluding carboxylic acids is 2. The van der Waals surface area contributed by atoms with Gasteiger partial charge >= 0.3 is 5.97 Å². The summed E-state index contributed by atoms with van der Waals surface area (Å²) in [7, 11) is 0. The SMILES string of the molecule is C[C@H]1CCCC[C@@H]1NC(=O)COC(=O)C1(c2ccccc2)CCCC1. The van der Waals surface area contributed by atoms with Crippen LogP contribution in [0.1, 0.15) is 63.9 Å². The molecule has 1 amide bonds. The Morgan fingerprint density at radius 3 is 2.44 bits per heavy atom. The van der Waals surface area contributed by atoms with Crippen LogP contribution in [0.15, 0.2) is 30.3 Å². The van der Waals surface area contributed by atoms with Crippen LogP contribution in [0.4, 0.5) is 0 Å². The molecule has 136 valence electrons. The fourth-order valence-corrected chi connectivity index (χ4v) is 4.39. The van der Waals surface area contributed by atoms with E-state index in [2.05, 4.69) is 12.2 Å². The van der Waals surface area contributed by atoms with Crippen molar-refractivity contribution in [1.29, 1.82) is 0 Å². The van der Waals surface area contributed by atoms with E-state index in [0.29, 0.717) is 5.92 Å². The van der Waals surface area contributed by atoms with E-state index in [1.54, 1.807) is 0 Å². The standard InChI is InChI=1S/C21H29NO3/c1-16-9-5-6-12-18(16)22-19(23)15-25-20(24)21(13-7-8-14-21)17-10-3-2-4-11-17/h2-4,10-11,16,18H,5-9,12-15H2,1H3,(H,22,23)/t16-,18-/m0/s1. The van der Waals surface area contributed by atoms with E-state index in [9.17, 15) is 9.59 Å². The molecule has 2 atom stereocenters. The highest BCUT2D eigenvalue weighted by Gasteiger charge is 2.44. The number of hydrogen-bond acceptors (Lipinski definition) is 3. The number of hydrogen-bond donors (Lipinski definition) is 1.